The highest BCUT2D eigenvalue weighted by molar-refractivity contribution is 5.40. The predicted octanol–water partition coefficient (Wildman–Crippen LogP) is 2.80. The van der Waals surface area contributed by atoms with Crippen molar-refractivity contribution < 1.29 is 0 Å². The molecule has 0 heterocycles. The number of nitrogens with zero attached hydrogens (tertiary/aromatic N) is 1. The van der Waals surface area contributed by atoms with Crippen LogP contribution >= 0.6 is 0 Å². The Labute approximate surface area is 79.0 Å². The van der Waals surface area contributed by atoms with Crippen LogP contribution < -0.4 is 0 Å². The van der Waals surface area contributed by atoms with Crippen LogP contribution in [0.2, 0.25) is 0 Å². The zero-order valence-corrected chi connectivity index (χ0v) is 8.04. The lowest BCUT2D eigenvalue weighted by Crippen LogP contribution is -2.05. The molecule has 0 spiro atoms. The van der Waals surface area contributed by atoms with Gasteiger partial charge in [0.15, 0.2) is 0 Å². The molecular weight excluding hydrogens is 158 g/mol. The molecule has 0 amide bonds. The van der Waals surface area contributed by atoms with Gasteiger partial charge in [-0.3, -0.25) is 0 Å². The lowest BCUT2D eigenvalue weighted by atomic mass is 9.92. The topological polar surface area (TPSA) is 23.8 Å². The third-order valence-corrected chi connectivity index (χ3v) is 3.15. The number of hydrogen-bond donors (Lipinski definition) is 0. The summed E-state index contributed by atoms with van der Waals surface area (Å²) >= 11 is 0. The first-order valence-electron chi connectivity index (χ1n) is 4.64. The van der Waals surface area contributed by atoms with E-state index in [1.54, 1.807) is 0 Å². The summed E-state index contributed by atoms with van der Waals surface area (Å²) in [5.41, 5.74) is 2.80. The second-order valence-corrected chi connectivity index (χ2v) is 4.12. The maximum absolute atomic E-state index is 8.84. The van der Waals surface area contributed by atoms with E-state index in [0.29, 0.717) is 0 Å². The molecule has 0 N–H and O–H groups in total. The molecule has 1 aliphatic carbocycles. The summed E-state index contributed by atoms with van der Waals surface area (Å²) in [6.07, 6.45) is 1.02. The first-order chi connectivity index (χ1) is 6.18. The molecule has 0 aliphatic heterocycles. The second kappa shape index (κ2) is 2.60. The minimum absolute atomic E-state index is 0.139. The zero-order valence-electron chi connectivity index (χ0n) is 8.04. The lowest BCUT2D eigenvalue weighted by molar-refractivity contribution is 0.735. The molecule has 2 rings (SSSR count). The fraction of sp³-hybridized carbons (Fsp3) is 0.417. The molecule has 1 aromatic rings. The average Bonchev–Trinajstić information content (AvgIpc) is 2.79. The maximum atomic E-state index is 8.84. The van der Waals surface area contributed by atoms with Gasteiger partial charge < -0.3 is 0 Å². The minimum atomic E-state index is 0.139. The monoisotopic (exact) mass is 171 g/mol. The van der Waals surface area contributed by atoms with Crippen LogP contribution in [-0.2, 0) is 5.41 Å². The van der Waals surface area contributed by atoms with Crippen molar-refractivity contribution in [2.24, 2.45) is 5.92 Å². The Morgan fingerprint density at radius 2 is 2.15 bits per heavy atom. The molecule has 1 nitrogen and oxygen atoms in total. The quantitative estimate of drug-likeness (QED) is 0.637. The van der Waals surface area contributed by atoms with E-state index in [4.69, 9.17) is 5.26 Å². The average molecular weight is 171 g/mol. The van der Waals surface area contributed by atoms with Gasteiger partial charge in [-0.05, 0) is 24.5 Å². The summed E-state index contributed by atoms with van der Waals surface area (Å²) in [7, 11) is 0. The highest BCUT2D eigenvalue weighted by Gasteiger charge is 2.52. The van der Waals surface area contributed by atoms with Gasteiger partial charge >= 0.3 is 0 Å². The van der Waals surface area contributed by atoms with Gasteiger partial charge in [0.1, 0.15) is 0 Å². The fourth-order valence-electron chi connectivity index (χ4n) is 2.06. The van der Waals surface area contributed by atoms with Gasteiger partial charge in [-0.15, -0.1) is 0 Å². The van der Waals surface area contributed by atoms with Crippen LogP contribution in [0, 0.1) is 24.2 Å². The largest absolute Gasteiger partial charge is 0.198 e. The Morgan fingerprint density at radius 1 is 1.46 bits per heavy atom. The van der Waals surface area contributed by atoms with Crippen molar-refractivity contribution in [1.29, 1.82) is 5.26 Å². The van der Waals surface area contributed by atoms with Crippen molar-refractivity contribution >= 4 is 0 Å². The van der Waals surface area contributed by atoms with Crippen LogP contribution in [0.5, 0.6) is 0 Å². The first kappa shape index (κ1) is 8.31. The van der Waals surface area contributed by atoms with Gasteiger partial charge in [-0.25, -0.2) is 0 Å². The minimum Gasteiger partial charge on any atom is -0.198 e. The highest BCUT2D eigenvalue weighted by Crippen LogP contribution is 2.54. The summed E-state index contributed by atoms with van der Waals surface area (Å²) < 4.78 is 0. The zero-order chi connectivity index (χ0) is 9.47. The van der Waals surface area contributed by atoms with E-state index >= 15 is 0 Å². The van der Waals surface area contributed by atoms with E-state index in [9.17, 15) is 0 Å². The summed E-state index contributed by atoms with van der Waals surface area (Å²) in [4.78, 5) is 0. The Bertz CT molecular complexity index is 375. The van der Waals surface area contributed by atoms with Crippen LogP contribution in [0.15, 0.2) is 24.3 Å². The van der Waals surface area contributed by atoms with Crippen molar-refractivity contribution in [2.75, 3.05) is 0 Å². The Balaban J connectivity index is 2.39. The van der Waals surface area contributed by atoms with Gasteiger partial charge in [0, 0.05) is 5.41 Å². The Kier molecular flexibility index (Phi) is 1.66. The van der Waals surface area contributed by atoms with Gasteiger partial charge in [0.25, 0.3) is 0 Å². The van der Waals surface area contributed by atoms with Gasteiger partial charge in [-0.1, -0.05) is 31.2 Å². The Morgan fingerprint density at radius 3 is 2.69 bits per heavy atom. The first-order valence-corrected chi connectivity index (χ1v) is 4.64. The van der Waals surface area contributed by atoms with Crippen LogP contribution in [-0.4, -0.2) is 0 Å². The molecular formula is C12H13N. The molecule has 1 fully saturated rings. The molecule has 0 radical (unpaired) electrons. The lowest BCUT2D eigenvalue weighted by Gasteiger charge is -2.12. The summed E-state index contributed by atoms with van der Waals surface area (Å²) in [5.74, 6) is 0.230. The number of nitriles is 1. The maximum Gasteiger partial charge on any atom is 0.0665 e. The summed E-state index contributed by atoms with van der Waals surface area (Å²) in [6, 6.07) is 10.7. The number of rotatable bonds is 1. The van der Waals surface area contributed by atoms with E-state index in [2.05, 4.69) is 38.1 Å². The van der Waals surface area contributed by atoms with E-state index in [-0.39, 0.29) is 11.3 Å². The molecule has 66 valence electrons. The van der Waals surface area contributed by atoms with Crippen LogP contribution in [0.25, 0.3) is 0 Å². The fourth-order valence-corrected chi connectivity index (χ4v) is 2.06. The molecule has 1 aromatic carbocycles. The number of hydrogen-bond acceptors (Lipinski definition) is 1. The molecule has 0 saturated heterocycles. The van der Waals surface area contributed by atoms with E-state index in [0.717, 1.165) is 6.42 Å². The molecule has 1 heteroatoms. The summed E-state index contributed by atoms with van der Waals surface area (Å²) in [6.45, 7) is 4.30. The van der Waals surface area contributed by atoms with Gasteiger partial charge in [0.05, 0.1) is 12.0 Å². The SMILES string of the molecule is Cc1ccccc1C1(C)CC1C#N. The molecule has 0 bridgehead atoms. The number of aryl methyl sites for hydroxylation is 1. The standard InChI is InChI=1S/C12H13N/c1-9-5-3-4-6-11(9)12(2)7-10(12)8-13/h3-6,10H,7H2,1-2H3. The van der Waals surface area contributed by atoms with E-state index < -0.39 is 0 Å². The molecule has 1 saturated carbocycles. The Hall–Kier alpha value is -1.29. The van der Waals surface area contributed by atoms with Crippen molar-refractivity contribution in [2.45, 2.75) is 25.7 Å². The normalized spacial score (nSPS) is 31.0. The van der Waals surface area contributed by atoms with Crippen LogP contribution in [0.1, 0.15) is 24.5 Å². The summed E-state index contributed by atoms with van der Waals surface area (Å²) in [5, 5.41) is 8.84. The molecule has 1 aliphatic rings. The van der Waals surface area contributed by atoms with Gasteiger partial charge in [-0.2, -0.15) is 5.26 Å². The van der Waals surface area contributed by atoms with Gasteiger partial charge in [0.2, 0.25) is 0 Å². The smallest absolute Gasteiger partial charge is 0.0665 e. The van der Waals surface area contributed by atoms with Crippen molar-refractivity contribution in [1.82, 2.24) is 0 Å². The van der Waals surface area contributed by atoms with Crippen molar-refractivity contribution in [3.05, 3.63) is 35.4 Å². The number of benzene rings is 1. The third-order valence-electron chi connectivity index (χ3n) is 3.15. The van der Waals surface area contributed by atoms with E-state index in [1.807, 2.05) is 6.07 Å². The molecule has 0 aromatic heterocycles. The second-order valence-electron chi connectivity index (χ2n) is 4.12. The van der Waals surface area contributed by atoms with Crippen molar-refractivity contribution in [3.8, 4) is 6.07 Å². The highest BCUT2D eigenvalue weighted by atomic mass is 14.5. The van der Waals surface area contributed by atoms with Crippen molar-refractivity contribution in [3.63, 3.8) is 0 Å². The molecule has 2 unspecified atom stereocenters. The van der Waals surface area contributed by atoms with Crippen LogP contribution in [0.4, 0.5) is 0 Å². The van der Waals surface area contributed by atoms with E-state index in [1.165, 1.54) is 11.1 Å². The molecule has 2 atom stereocenters. The third kappa shape index (κ3) is 1.14. The predicted molar refractivity (Wildman–Crippen MR) is 52.3 cm³/mol. The van der Waals surface area contributed by atoms with Crippen LogP contribution in [0.3, 0.4) is 0 Å². The molecule has 13 heavy (non-hydrogen) atoms.